The molecule has 0 aromatic heterocycles. The van der Waals surface area contributed by atoms with Crippen LogP contribution in [0.5, 0.6) is 0 Å². The van der Waals surface area contributed by atoms with Crippen LogP contribution in [0.15, 0.2) is 24.3 Å². The van der Waals surface area contributed by atoms with Gasteiger partial charge in [0.25, 0.3) is 0 Å². The molecular weight excluding hydrogens is 253 g/mol. The van der Waals surface area contributed by atoms with E-state index in [2.05, 4.69) is 9.80 Å². The number of hydrogen-bond acceptors (Lipinski definition) is 3. The molecule has 110 valence electrons. The summed E-state index contributed by atoms with van der Waals surface area (Å²) >= 11 is 0. The molecule has 0 bridgehead atoms. The first-order chi connectivity index (χ1) is 9.66. The van der Waals surface area contributed by atoms with E-state index in [1.54, 1.807) is 6.07 Å². The van der Waals surface area contributed by atoms with Gasteiger partial charge in [0.05, 0.1) is 6.04 Å². The maximum Gasteiger partial charge on any atom is 0.128 e. The zero-order chi connectivity index (χ0) is 14.1. The van der Waals surface area contributed by atoms with Gasteiger partial charge in [-0.05, 0) is 25.8 Å². The Bertz CT molecular complexity index is 451. The number of nitrogens with zero attached hydrogens (tertiary/aromatic N) is 2. The molecule has 0 spiro atoms. The van der Waals surface area contributed by atoms with E-state index in [-0.39, 0.29) is 17.9 Å². The fourth-order valence-corrected chi connectivity index (χ4v) is 3.35. The summed E-state index contributed by atoms with van der Waals surface area (Å²) < 4.78 is 14.1. The molecule has 20 heavy (non-hydrogen) atoms. The monoisotopic (exact) mass is 277 g/mol. The second kappa shape index (κ2) is 5.80. The summed E-state index contributed by atoms with van der Waals surface area (Å²) in [5, 5.41) is 0. The van der Waals surface area contributed by atoms with Crippen molar-refractivity contribution in [2.75, 3.05) is 26.2 Å². The van der Waals surface area contributed by atoms with Crippen molar-refractivity contribution < 1.29 is 4.39 Å². The van der Waals surface area contributed by atoms with Crippen LogP contribution in [0.2, 0.25) is 0 Å². The predicted octanol–water partition coefficient (Wildman–Crippen LogP) is 1.99. The Balaban J connectivity index is 1.73. The lowest BCUT2D eigenvalue weighted by atomic mass is 9.98. The van der Waals surface area contributed by atoms with Crippen molar-refractivity contribution in [2.45, 2.75) is 37.9 Å². The molecule has 1 aromatic rings. The van der Waals surface area contributed by atoms with Crippen LogP contribution in [0, 0.1) is 5.82 Å². The van der Waals surface area contributed by atoms with Gasteiger partial charge < -0.3 is 5.73 Å². The van der Waals surface area contributed by atoms with E-state index in [0.29, 0.717) is 0 Å². The molecule has 3 rings (SSSR count). The Morgan fingerprint density at radius 3 is 2.35 bits per heavy atom. The molecule has 1 aliphatic heterocycles. The van der Waals surface area contributed by atoms with Gasteiger partial charge in [0.15, 0.2) is 0 Å². The van der Waals surface area contributed by atoms with Crippen LogP contribution in [0.25, 0.3) is 0 Å². The summed E-state index contributed by atoms with van der Waals surface area (Å²) in [6, 6.07) is 7.77. The first-order valence-electron chi connectivity index (χ1n) is 7.65. The Labute approximate surface area is 120 Å². The zero-order valence-corrected chi connectivity index (χ0v) is 12.1. The van der Waals surface area contributed by atoms with Gasteiger partial charge in [-0.2, -0.15) is 0 Å². The normalized spacial score (nSPS) is 24.6. The summed E-state index contributed by atoms with van der Waals surface area (Å²) in [6.45, 7) is 6.11. The first kappa shape index (κ1) is 14.0. The zero-order valence-electron chi connectivity index (χ0n) is 12.1. The van der Waals surface area contributed by atoms with E-state index in [4.69, 9.17) is 5.73 Å². The van der Waals surface area contributed by atoms with Crippen molar-refractivity contribution in [3.63, 3.8) is 0 Å². The summed E-state index contributed by atoms with van der Waals surface area (Å²) in [6.07, 6.45) is 2.70. The van der Waals surface area contributed by atoms with Gasteiger partial charge in [-0.1, -0.05) is 18.2 Å². The highest BCUT2D eigenvalue weighted by Gasteiger charge is 2.34. The van der Waals surface area contributed by atoms with E-state index < -0.39 is 0 Å². The van der Waals surface area contributed by atoms with Crippen molar-refractivity contribution in [1.29, 1.82) is 0 Å². The molecule has 2 unspecified atom stereocenters. The standard InChI is InChI=1S/C16H24FN3/c1-12(18)16(14-4-2-3-5-15(14)17)20-10-8-19(9-11-20)13-6-7-13/h2-5,12-13,16H,6-11,18H2,1H3. The van der Waals surface area contributed by atoms with Crippen molar-refractivity contribution >= 4 is 0 Å². The minimum Gasteiger partial charge on any atom is -0.326 e. The molecule has 0 amide bonds. The topological polar surface area (TPSA) is 32.5 Å². The molecule has 0 radical (unpaired) electrons. The van der Waals surface area contributed by atoms with E-state index in [1.165, 1.54) is 18.9 Å². The summed E-state index contributed by atoms with van der Waals surface area (Å²) in [5.74, 6) is -0.139. The lowest BCUT2D eigenvalue weighted by Gasteiger charge is -2.41. The number of benzene rings is 1. The Morgan fingerprint density at radius 2 is 1.80 bits per heavy atom. The third kappa shape index (κ3) is 2.87. The third-order valence-corrected chi connectivity index (χ3v) is 4.53. The molecule has 3 nitrogen and oxygen atoms in total. The Morgan fingerprint density at radius 1 is 1.15 bits per heavy atom. The maximum absolute atomic E-state index is 14.1. The third-order valence-electron chi connectivity index (χ3n) is 4.53. The molecule has 2 aliphatic rings. The molecule has 2 fully saturated rings. The highest BCUT2D eigenvalue weighted by atomic mass is 19.1. The summed E-state index contributed by atoms with van der Waals surface area (Å²) in [7, 11) is 0. The average molecular weight is 277 g/mol. The minimum atomic E-state index is -0.139. The number of rotatable bonds is 4. The van der Waals surface area contributed by atoms with E-state index >= 15 is 0 Å². The number of hydrogen-bond donors (Lipinski definition) is 1. The largest absolute Gasteiger partial charge is 0.326 e. The number of halogens is 1. The van der Waals surface area contributed by atoms with Crippen molar-refractivity contribution in [3.8, 4) is 0 Å². The predicted molar refractivity (Wildman–Crippen MR) is 79.0 cm³/mol. The second-order valence-corrected chi connectivity index (χ2v) is 6.13. The molecule has 1 saturated heterocycles. The van der Waals surface area contributed by atoms with E-state index in [1.807, 2.05) is 19.1 Å². The van der Waals surface area contributed by atoms with Gasteiger partial charge >= 0.3 is 0 Å². The highest BCUT2D eigenvalue weighted by molar-refractivity contribution is 5.23. The van der Waals surface area contributed by atoms with Gasteiger partial charge in [-0.15, -0.1) is 0 Å². The molecule has 1 aromatic carbocycles. The molecule has 2 atom stereocenters. The second-order valence-electron chi connectivity index (χ2n) is 6.13. The summed E-state index contributed by atoms with van der Waals surface area (Å²) in [5.41, 5.74) is 6.89. The van der Waals surface area contributed by atoms with Crippen LogP contribution in [0.3, 0.4) is 0 Å². The van der Waals surface area contributed by atoms with E-state index in [0.717, 1.165) is 37.8 Å². The van der Waals surface area contributed by atoms with Gasteiger partial charge in [-0.3, -0.25) is 9.80 Å². The van der Waals surface area contributed by atoms with Crippen LogP contribution in [-0.2, 0) is 0 Å². The van der Waals surface area contributed by atoms with Crippen LogP contribution < -0.4 is 5.73 Å². The van der Waals surface area contributed by atoms with Crippen LogP contribution in [-0.4, -0.2) is 48.1 Å². The fraction of sp³-hybridized carbons (Fsp3) is 0.625. The lowest BCUT2D eigenvalue weighted by Crippen LogP contribution is -2.51. The average Bonchev–Trinajstić information content (AvgIpc) is 3.26. The maximum atomic E-state index is 14.1. The van der Waals surface area contributed by atoms with Crippen molar-refractivity contribution in [3.05, 3.63) is 35.6 Å². The molecule has 4 heteroatoms. The molecule has 1 aliphatic carbocycles. The quantitative estimate of drug-likeness (QED) is 0.913. The Hall–Kier alpha value is -0.970. The Kier molecular flexibility index (Phi) is 4.06. The van der Waals surface area contributed by atoms with Crippen molar-refractivity contribution in [2.24, 2.45) is 5.73 Å². The van der Waals surface area contributed by atoms with Gasteiger partial charge in [0.1, 0.15) is 5.82 Å². The highest BCUT2D eigenvalue weighted by Crippen LogP contribution is 2.31. The smallest absolute Gasteiger partial charge is 0.128 e. The van der Waals surface area contributed by atoms with E-state index in [9.17, 15) is 4.39 Å². The van der Waals surface area contributed by atoms with Crippen LogP contribution >= 0.6 is 0 Å². The lowest BCUT2D eigenvalue weighted by molar-refractivity contribution is 0.0811. The number of nitrogens with two attached hydrogens (primary N) is 1. The van der Waals surface area contributed by atoms with Gasteiger partial charge in [0, 0.05) is 43.8 Å². The molecule has 2 N–H and O–H groups in total. The molecular formula is C16H24FN3. The number of piperazine rings is 1. The van der Waals surface area contributed by atoms with Gasteiger partial charge in [0.2, 0.25) is 0 Å². The summed E-state index contributed by atoms with van der Waals surface area (Å²) in [4.78, 5) is 4.91. The first-order valence-corrected chi connectivity index (χ1v) is 7.65. The fourth-order valence-electron chi connectivity index (χ4n) is 3.35. The van der Waals surface area contributed by atoms with Crippen LogP contribution in [0.1, 0.15) is 31.4 Å². The molecule has 1 saturated carbocycles. The SMILES string of the molecule is CC(N)C(c1ccccc1F)N1CCN(C2CC2)CC1. The van der Waals surface area contributed by atoms with Gasteiger partial charge in [-0.25, -0.2) is 4.39 Å². The van der Waals surface area contributed by atoms with Crippen molar-refractivity contribution in [1.82, 2.24) is 9.80 Å². The molecule has 1 heterocycles. The van der Waals surface area contributed by atoms with Crippen LogP contribution in [0.4, 0.5) is 4.39 Å². The minimum absolute atomic E-state index is 0.0162.